The lowest BCUT2D eigenvalue weighted by Gasteiger charge is -2.18. The monoisotopic (exact) mass is 430 g/mol. The summed E-state index contributed by atoms with van der Waals surface area (Å²) in [6.45, 7) is 7.25. The molecule has 1 aromatic carbocycles. The zero-order valence-electron chi connectivity index (χ0n) is 18.9. The minimum absolute atomic E-state index is 0.0371. The van der Waals surface area contributed by atoms with Crippen LogP contribution in [0.4, 0.5) is 0 Å². The van der Waals surface area contributed by atoms with Crippen molar-refractivity contribution < 1.29 is 9.59 Å². The van der Waals surface area contributed by atoms with E-state index in [1.54, 1.807) is 25.3 Å². The smallest absolute Gasteiger partial charge is 0.253 e. The number of pyridine rings is 1. The summed E-state index contributed by atoms with van der Waals surface area (Å²) in [6, 6.07) is 9.13. The van der Waals surface area contributed by atoms with E-state index in [4.69, 9.17) is 5.41 Å². The molecule has 1 saturated heterocycles. The first-order valence-corrected chi connectivity index (χ1v) is 11.3. The maximum Gasteiger partial charge on any atom is 0.253 e. The van der Waals surface area contributed by atoms with Crippen LogP contribution in [0.25, 0.3) is 11.3 Å². The topological polar surface area (TPSA) is 86.2 Å². The number of benzene rings is 1. The first-order chi connectivity index (χ1) is 15.3. The Morgan fingerprint density at radius 3 is 2.56 bits per heavy atom. The Balaban J connectivity index is 1.59. The van der Waals surface area contributed by atoms with Gasteiger partial charge in [0.15, 0.2) is 0 Å². The Kier molecular flexibility index (Phi) is 6.21. The van der Waals surface area contributed by atoms with Gasteiger partial charge in [0.2, 0.25) is 0 Å². The molecule has 2 atom stereocenters. The molecule has 6 heteroatoms. The number of nitrogens with zero attached hydrogens (tertiary/aromatic N) is 2. The number of allylic oxidation sites excluding steroid dienone is 1. The molecule has 1 aliphatic heterocycles. The second-order valence-electron chi connectivity index (χ2n) is 8.97. The van der Waals surface area contributed by atoms with Crippen LogP contribution in [0.5, 0.6) is 0 Å². The van der Waals surface area contributed by atoms with Gasteiger partial charge in [-0.05, 0) is 75.4 Å². The molecule has 1 aromatic heterocycles. The van der Waals surface area contributed by atoms with E-state index in [2.05, 4.69) is 16.4 Å². The van der Waals surface area contributed by atoms with Crippen molar-refractivity contribution in [2.24, 2.45) is 5.92 Å². The van der Waals surface area contributed by atoms with Gasteiger partial charge in [-0.25, -0.2) is 0 Å². The standard InChI is InChI=1S/C26H30N4O2/c1-16-6-7-24(28-15-16)20-11-21(13-22(12-20)26(32)30-8-4-5-9-30)25(31)29-18(3)23-14-19(23)10-17(2)27/h6-7,11-15,18-19,27H,4-5,8-10H2,1-3H3,(H,29,31). The molecule has 32 heavy (non-hydrogen) atoms. The Morgan fingerprint density at radius 1 is 1.19 bits per heavy atom. The average molecular weight is 431 g/mol. The van der Waals surface area contributed by atoms with Crippen LogP contribution in [0, 0.1) is 18.3 Å². The molecular formula is C26H30N4O2. The summed E-state index contributed by atoms with van der Waals surface area (Å²) in [5.74, 6) is 0.0308. The van der Waals surface area contributed by atoms with Crippen LogP contribution >= 0.6 is 0 Å². The van der Waals surface area contributed by atoms with Crippen molar-refractivity contribution >= 4 is 17.5 Å². The molecule has 2 heterocycles. The maximum atomic E-state index is 13.1. The molecule has 0 spiro atoms. The summed E-state index contributed by atoms with van der Waals surface area (Å²) in [5.41, 5.74) is 5.33. The number of hydrogen-bond acceptors (Lipinski definition) is 4. The number of aromatic nitrogens is 1. The molecule has 2 aliphatic rings. The minimum Gasteiger partial charge on any atom is -0.346 e. The van der Waals surface area contributed by atoms with Gasteiger partial charge in [0.1, 0.15) is 0 Å². The summed E-state index contributed by atoms with van der Waals surface area (Å²) in [4.78, 5) is 32.6. The fourth-order valence-corrected chi connectivity index (χ4v) is 4.29. The van der Waals surface area contributed by atoms with Crippen molar-refractivity contribution in [1.29, 1.82) is 5.41 Å². The Bertz CT molecular complexity index is 1080. The second kappa shape index (κ2) is 9.07. The molecule has 2 amide bonds. The van der Waals surface area contributed by atoms with Crippen molar-refractivity contribution in [3.05, 3.63) is 64.9 Å². The third-order valence-electron chi connectivity index (χ3n) is 6.13. The molecule has 2 unspecified atom stereocenters. The number of likely N-dealkylation sites (tertiary alicyclic amines) is 1. The normalized spacial score (nSPS) is 18.2. The van der Waals surface area contributed by atoms with Crippen molar-refractivity contribution in [3.63, 3.8) is 0 Å². The number of carbonyl (C=O) groups is 2. The third kappa shape index (κ3) is 4.96. The zero-order valence-corrected chi connectivity index (χ0v) is 18.9. The molecule has 0 radical (unpaired) electrons. The van der Waals surface area contributed by atoms with Gasteiger partial charge in [-0.15, -0.1) is 0 Å². The van der Waals surface area contributed by atoms with E-state index < -0.39 is 0 Å². The van der Waals surface area contributed by atoms with Gasteiger partial charge in [-0.2, -0.15) is 0 Å². The quantitative estimate of drug-likeness (QED) is 0.504. The van der Waals surface area contributed by atoms with Crippen LogP contribution in [0.3, 0.4) is 0 Å². The number of hydrogen-bond donors (Lipinski definition) is 2. The van der Waals surface area contributed by atoms with E-state index in [0.717, 1.165) is 48.3 Å². The summed E-state index contributed by atoms with van der Waals surface area (Å²) >= 11 is 0. The Labute approximate surface area is 189 Å². The first kappa shape index (κ1) is 21.9. The number of carbonyl (C=O) groups excluding carboxylic acids is 2. The minimum atomic E-state index is -0.208. The van der Waals surface area contributed by atoms with Crippen LogP contribution in [-0.4, -0.2) is 46.5 Å². The Hall–Kier alpha value is -3.28. The van der Waals surface area contributed by atoms with Gasteiger partial charge in [0.05, 0.1) is 5.69 Å². The molecule has 0 bridgehead atoms. The van der Waals surface area contributed by atoms with Gasteiger partial charge >= 0.3 is 0 Å². The summed E-state index contributed by atoms with van der Waals surface area (Å²) in [6.07, 6.45) is 6.64. The lowest BCUT2D eigenvalue weighted by molar-refractivity contribution is 0.0793. The van der Waals surface area contributed by atoms with E-state index >= 15 is 0 Å². The van der Waals surface area contributed by atoms with Crippen LogP contribution < -0.4 is 5.32 Å². The lowest BCUT2D eigenvalue weighted by Crippen LogP contribution is -2.33. The van der Waals surface area contributed by atoms with Crippen LogP contribution in [0.2, 0.25) is 0 Å². The van der Waals surface area contributed by atoms with Crippen LogP contribution in [-0.2, 0) is 0 Å². The molecule has 1 fully saturated rings. The molecule has 2 aromatic rings. The van der Waals surface area contributed by atoms with Gasteiger partial charge in [0, 0.05) is 53.6 Å². The number of rotatable bonds is 7. The highest BCUT2D eigenvalue weighted by Crippen LogP contribution is 2.35. The molecule has 6 nitrogen and oxygen atoms in total. The predicted molar refractivity (Wildman–Crippen MR) is 126 cm³/mol. The van der Waals surface area contributed by atoms with Gasteiger partial charge in [-0.1, -0.05) is 12.1 Å². The molecule has 166 valence electrons. The highest BCUT2D eigenvalue weighted by Gasteiger charge is 2.30. The highest BCUT2D eigenvalue weighted by atomic mass is 16.2. The van der Waals surface area contributed by atoms with Gasteiger partial charge in [0.25, 0.3) is 11.8 Å². The predicted octanol–water partition coefficient (Wildman–Crippen LogP) is 4.40. The molecular weight excluding hydrogens is 400 g/mol. The summed E-state index contributed by atoms with van der Waals surface area (Å²) in [7, 11) is 0. The Morgan fingerprint density at radius 2 is 1.91 bits per heavy atom. The number of nitrogens with one attached hydrogen (secondary N) is 2. The first-order valence-electron chi connectivity index (χ1n) is 11.3. The number of amides is 2. The van der Waals surface area contributed by atoms with Gasteiger partial charge in [-0.3, -0.25) is 14.6 Å². The van der Waals surface area contributed by atoms with E-state index in [-0.39, 0.29) is 23.8 Å². The van der Waals surface area contributed by atoms with Crippen molar-refractivity contribution in [2.45, 2.75) is 46.1 Å². The van der Waals surface area contributed by atoms with Crippen molar-refractivity contribution in [1.82, 2.24) is 15.2 Å². The third-order valence-corrected chi connectivity index (χ3v) is 6.13. The fourth-order valence-electron chi connectivity index (χ4n) is 4.29. The van der Waals surface area contributed by atoms with Crippen LogP contribution in [0.1, 0.15) is 59.4 Å². The molecule has 4 rings (SSSR count). The molecule has 0 saturated carbocycles. The van der Waals surface area contributed by atoms with Gasteiger partial charge < -0.3 is 15.6 Å². The van der Waals surface area contributed by atoms with E-state index in [9.17, 15) is 9.59 Å². The average Bonchev–Trinajstić information content (AvgIpc) is 3.31. The highest BCUT2D eigenvalue weighted by molar-refractivity contribution is 6.01. The van der Waals surface area contributed by atoms with E-state index in [1.807, 2.05) is 36.9 Å². The zero-order chi connectivity index (χ0) is 22.8. The summed E-state index contributed by atoms with van der Waals surface area (Å²) < 4.78 is 0. The second-order valence-corrected chi connectivity index (χ2v) is 8.97. The van der Waals surface area contributed by atoms with Crippen LogP contribution in [0.15, 0.2) is 48.2 Å². The molecule has 1 aliphatic carbocycles. The van der Waals surface area contributed by atoms with Crippen molar-refractivity contribution in [3.8, 4) is 11.3 Å². The lowest BCUT2D eigenvalue weighted by atomic mass is 10.0. The molecule has 2 N–H and O–H groups in total. The summed E-state index contributed by atoms with van der Waals surface area (Å²) in [5, 5.41) is 10.7. The van der Waals surface area contributed by atoms with Crippen molar-refractivity contribution in [2.75, 3.05) is 13.1 Å². The SMILES string of the molecule is CC(=N)CC1C=C1C(C)NC(=O)c1cc(C(=O)N2CCCC2)cc(-c2ccc(C)cn2)c1. The number of aryl methyl sites for hydroxylation is 1. The van der Waals surface area contributed by atoms with E-state index in [1.165, 1.54) is 0 Å². The maximum absolute atomic E-state index is 13.1. The fraction of sp³-hybridized carbons (Fsp3) is 0.385. The van der Waals surface area contributed by atoms with E-state index in [0.29, 0.717) is 23.3 Å². The largest absolute Gasteiger partial charge is 0.346 e.